The first kappa shape index (κ1) is 21.6. The summed E-state index contributed by atoms with van der Waals surface area (Å²) in [5.41, 5.74) is 2.89. The fraction of sp³-hybridized carbons (Fsp3) is 0.0938. The van der Waals surface area contributed by atoms with Crippen LogP contribution in [0.2, 0.25) is 0 Å². The minimum absolute atomic E-state index is 0.393. The minimum atomic E-state index is -0.393. The SMILES string of the molecule is C=C(C)C(=O)Oc1cccc(CCc2cc3ccccc3c3c2sc2ccc4ccccc4c23)c1. The Morgan fingerprint density at radius 1 is 0.800 bits per heavy atom. The van der Waals surface area contributed by atoms with Crippen molar-refractivity contribution in [3.05, 3.63) is 114 Å². The molecular weight excluding hydrogens is 448 g/mol. The summed E-state index contributed by atoms with van der Waals surface area (Å²) in [5, 5.41) is 7.88. The maximum Gasteiger partial charge on any atom is 0.338 e. The van der Waals surface area contributed by atoms with Crippen LogP contribution in [0.1, 0.15) is 18.1 Å². The molecule has 170 valence electrons. The molecule has 0 aliphatic heterocycles. The second-order valence-corrected chi connectivity index (χ2v) is 10.1. The summed E-state index contributed by atoms with van der Waals surface area (Å²) in [5.74, 6) is 0.170. The van der Waals surface area contributed by atoms with E-state index in [1.807, 2.05) is 29.5 Å². The van der Waals surface area contributed by atoms with Crippen molar-refractivity contribution in [2.45, 2.75) is 19.8 Å². The van der Waals surface area contributed by atoms with E-state index in [-0.39, 0.29) is 0 Å². The third-order valence-corrected chi connectivity index (χ3v) is 7.80. The van der Waals surface area contributed by atoms with Gasteiger partial charge in [0.1, 0.15) is 5.75 Å². The summed E-state index contributed by atoms with van der Waals surface area (Å²) in [6, 6.07) is 32.0. The number of ether oxygens (including phenoxy) is 1. The third kappa shape index (κ3) is 3.88. The minimum Gasteiger partial charge on any atom is -0.423 e. The molecule has 1 heterocycles. The maximum absolute atomic E-state index is 11.9. The molecule has 0 saturated heterocycles. The number of hydrogen-bond donors (Lipinski definition) is 0. The van der Waals surface area contributed by atoms with Gasteiger partial charge in [0.25, 0.3) is 0 Å². The van der Waals surface area contributed by atoms with Crippen LogP contribution in [0.3, 0.4) is 0 Å². The number of rotatable bonds is 5. The summed E-state index contributed by atoms with van der Waals surface area (Å²) >= 11 is 1.89. The molecule has 0 spiro atoms. The fourth-order valence-corrected chi connectivity index (χ4v) is 6.16. The smallest absolute Gasteiger partial charge is 0.338 e. The Bertz CT molecular complexity index is 1770. The van der Waals surface area contributed by atoms with E-state index in [2.05, 4.69) is 79.4 Å². The van der Waals surface area contributed by atoms with Gasteiger partial charge in [-0.15, -0.1) is 11.3 Å². The van der Waals surface area contributed by atoms with E-state index in [1.165, 1.54) is 47.3 Å². The van der Waals surface area contributed by atoms with Gasteiger partial charge in [-0.1, -0.05) is 73.3 Å². The summed E-state index contributed by atoms with van der Waals surface area (Å²) in [6.07, 6.45) is 1.77. The Morgan fingerprint density at radius 2 is 1.54 bits per heavy atom. The highest BCUT2D eigenvalue weighted by Gasteiger charge is 2.15. The highest BCUT2D eigenvalue weighted by molar-refractivity contribution is 7.26. The Hall–Kier alpha value is -3.95. The lowest BCUT2D eigenvalue weighted by Gasteiger charge is -2.10. The first-order valence-electron chi connectivity index (χ1n) is 11.8. The van der Waals surface area contributed by atoms with E-state index < -0.39 is 5.97 Å². The highest BCUT2D eigenvalue weighted by atomic mass is 32.1. The molecule has 5 aromatic carbocycles. The molecule has 35 heavy (non-hydrogen) atoms. The van der Waals surface area contributed by atoms with Crippen molar-refractivity contribution in [2.24, 2.45) is 0 Å². The summed E-state index contributed by atoms with van der Waals surface area (Å²) in [6.45, 7) is 5.33. The number of carbonyl (C=O) groups is 1. The Kier molecular flexibility index (Phi) is 5.35. The highest BCUT2D eigenvalue weighted by Crippen LogP contribution is 2.43. The van der Waals surface area contributed by atoms with Crippen molar-refractivity contribution in [1.82, 2.24) is 0 Å². The van der Waals surface area contributed by atoms with Crippen molar-refractivity contribution in [1.29, 1.82) is 0 Å². The van der Waals surface area contributed by atoms with Gasteiger partial charge in [0.2, 0.25) is 0 Å². The van der Waals surface area contributed by atoms with Crippen molar-refractivity contribution >= 4 is 59.0 Å². The van der Waals surface area contributed by atoms with Gasteiger partial charge in [-0.2, -0.15) is 0 Å². The van der Waals surface area contributed by atoms with Gasteiger partial charge in [0.05, 0.1) is 0 Å². The predicted octanol–water partition coefficient (Wildman–Crippen LogP) is 8.63. The molecule has 6 rings (SSSR count). The van der Waals surface area contributed by atoms with E-state index in [0.717, 1.165) is 18.4 Å². The van der Waals surface area contributed by atoms with Crippen LogP contribution in [0.4, 0.5) is 0 Å². The lowest BCUT2D eigenvalue weighted by molar-refractivity contribution is -0.130. The molecule has 1 aromatic heterocycles. The van der Waals surface area contributed by atoms with Gasteiger partial charge in [0.15, 0.2) is 0 Å². The largest absolute Gasteiger partial charge is 0.423 e. The van der Waals surface area contributed by atoms with E-state index in [1.54, 1.807) is 6.92 Å². The Morgan fingerprint density at radius 3 is 2.34 bits per heavy atom. The molecule has 0 amide bonds. The van der Waals surface area contributed by atoms with Crippen LogP contribution < -0.4 is 4.74 Å². The quantitative estimate of drug-likeness (QED) is 0.143. The Balaban J connectivity index is 1.46. The van der Waals surface area contributed by atoms with Crippen molar-refractivity contribution in [3.63, 3.8) is 0 Å². The number of hydrogen-bond acceptors (Lipinski definition) is 3. The molecular formula is C32H24O2S. The molecule has 0 bridgehead atoms. The lowest BCUT2D eigenvalue weighted by atomic mass is 9.95. The number of carbonyl (C=O) groups excluding carboxylic acids is 1. The standard InChI is InChI=1S/C32H24O2S/c1-20(2)32(33)34-25-11-7-8-21(18-25)14-15-24-19-23-10-4-6-13-27(23)30-29-26-12-5-3-9-22(26)16-17-28(29)35-31(24)30/h3-13,16-19H,1,14-15H2,2H3. The summed E-state index contributed by atoms with van der Waals surface area (Å²) < 4.78 is 8.13. The topological polar surface area (TPSA) is 26.3 Å². The monoisotopic (exact) mass is 472 g/mol. The number of benzene rings is 5. The fourth-order valence-electron chi connectivity index (χ4n) is 4.88. The molecule has 0 saturated carbocycles. The number of esters is 1. The van der Waals surface area contributed by atoms with Crippen LogP contribution in [-0.4, -0.2) is 5.97 Å². The molecule has 0 fully saturated rings. The van der Waals surface area contributed by atoms with Crippen LogP contribution in [0.15, 0.2) is 103 Å². The molecule has 0 unspecified atom stereocenters. The number of fused-ring (bicyclic) bond motifs is 7. The second kappa shape index (κ2) is 8.68. The maximum atomic E-state index is 11.9. The van der Waals surface area contributed by atoms with Crippen LogP contribution in [0, 0.1) is 0 Å². The van der Waals surface area contributed by atoms with Crippen molar-refractivity contribution < 1.29 is 9.53 Å². The molecule has 3 heteroatoms. The molecule has 2 nitrogen and oxygen atoms in total. The first-order valence-corrected chi connectivity index (χ1v) is 12.6. The third-order valence-electron chi connectivity index (χ3n) is 6.57. The van der Waals surface area contributed by atoms with E-state index in [9.17, 15) is 4.79 Å². The molecule has 6 aromatic rings. The number of thiophene rings is 1. The zero-order valence-corrected chi connectivity index (χ0v) is 20.3. The Labute approximate surface area is 208 Å². The van der Waals surface area contributed by atoms with E-state index >= 15 is 0 Å². The first-order chi connectivity index (χ1) is 17.1. The van der Waals surface area contributed by atoms with Gasteiger partial charge < -0.3 is 4.74 Å². The lowest BCUT2D eigenvalue weighted by Crippen LogP contribution is -2.08. The molecule has 0 aliphatic carbocycles. The molecule has 0 atom stereocenters. The van der Waals surface area contributed by atoms with Gasteiger partial charge in [0, 0.05) is 25.7 Å². The van der Waals surface area contributed by atoms with Crippen molar-refractivity contribution in [2.75, 3.05) is 0 Å². The zero-order valence-electron chi connectivity index (χ0n) is 19.5. The second-order valence-electron chi connectivity index (χ2n) is 9.04. The zero-order chi connectivity index (χ0) is 23.9. The summed E-state index contributed by atoms with van der Waals surface area (Å²) in [4.78, 5) is 11.9. The van der Waals surface area contributed by atoms with Gasteiger partial charge in [-0.25, -0.2) is 4.79 Å². The van der Waals surface area contributed by atoms with E-state index in [0.29, 0.717) is 11.3 Å². The predicted molar refractivity (Wildman–Crippen MR) is 149 cm³/mol. The van der Waals surface area contributed by atoms with Crippen LogP contribution in [0.25, 0.3) is 41.7 Å². The van der Waals surface area contributed by atoms with Gasteiger partial charge >= 0.3 is 5.97 Å². The van der Waals surface area contributed by atoms with Crippen LogP contribution >= 0.6 is 11.3 Å². The number of aryl methyl sites for hydroxylation is 2. The summed E-state index contributed by atoms with van der Waals surface area (Å²) in [7, 11) is 0. The average Bonchev–Trinajstić information content (AvgIpc) is 3.28. The van der Waals surface area contributed by atoms with Gasteiger partial charge in [-0.3, -0.25) is 0 Å². The average molecular weight is 473 g/mol. The molecule has 0 radical (unpaired) electrons. The molecule has 0 aliphatic rings. The molecule has 0 N–H and O–H groups in total. The normalized spacial score (nSPS) is 11.5. The van der Waals surface area contributed by atoms with Crippen LogP contribution in [0.5, 0.6) is 5.75 Å². The van der Waals surface area contributed by atoms with Crippen LogP contribution in [-0.2, 0) is 17.6 Å². The van der Waals surface area contributed by atoms with Crippen molar-refractivity contribution in [3.8, 4) is 5.75 Å². The van der Waals surface area contributed by atoms with Gasteiger partial charge in [-0.05, 0) is 76.7 Å². The van der Waals surface area contributed by atoms with E-state index in [4.69, 9.17) is 4.74 Å².